The molecule has 0 fully saturated rings. The monoisotopic (exact) mass is 252 g/mol. The summed E-state index contributed by atoms with van der Waals surface area (Å²) in [5, 5.41) is 8.90. The lowest BCUT2D eigenvalue weighted by atomic mass is 10.2. The maximum atomic E-state index is 10.8. The summed E-state index contributed by atoms with van der Waals surface area (Å²) >= 11 is 0. The van der Waals surface area contributed by atoms with Gasteiger partial charge in [0.2, 0.25) is 0 Å². The number of aromatic carboxylic acids is 1. The van der Waals surface area contributed by atoms with Crippen molar-refractivity contribution >= 4 is 5.97 Å². The third-order valence-corrected chi connectivity index (χ3v) is 2.83. The molecule has 0 aliphatic carbocycles. The number of likely N-dealkylation sites (N-methyl/N-ethyl adjacent to an activating group) is 1. The van der Waals surface area contributed by atoms with Gasteiger partial charge >= 0.3 is 5.97 Å². The van der Waals surface area contributed by atoms with E-state index in [4.69, 9.17) is 9.84 Å². The fraction of sp³-hybridized carbons (Fsp3) is 0.538. The molecule has 5 heteroatoms. The van der Waals surface area contributed by atoms with Crippen LogP contribution in [0.4, 0.5) is 0 Å². The van der Waals surface area contributed by atoms with Crippen molar-refractivity contribution < 1.29 is 14.6 Å². The number of pyridine rings is 1. The maximum Gasteiger partial charge on any atom is 0.354 e. The van der Waals surface area contributed by atoms with Crippen molar-refractivity contribution in [2.24, 2.45) is 0 Å². The molecule has 1 N–H and O–H groups in total. The number of aromatic nitrogens is 1. The molecule has 1 aromatic rings. The van der Waals surface area contributed by atoms with Crippen LogP contribution in [-0.2, 0) is 11.3 Å². The molecule has 0 saturated heterocycles. The highest BCUT2D eigenvalue weighted by Gasteiger charge is 2.13. The molecular weight excluding hydrogens is 232 g/mol. The van der Waals surface area contributed by atoms with Crippen LogP contribution in [0, 0.1) is 0 Å². The number of rotatable bonds is 7. The van der Waals surface area contributed by atoms with E-state index in [9.17, 15) is 4.79 Å². The molecular formula is C13H20N2O3. The summed E-state index contributed by atoms with van der Waals surface area (Å²) < 4.78 is 5.13. The van der Waals surface area contributed by atoms with E-state index in [1.165, 1.54) is 6.07 Å². The average Bonchev–Trinajstić information content (AvgIpc) is 2.36. The Kier molecular flexibility index (Phi) is 5.74. The fourth-order valence-corrected chi connectivity index (χ4v) is 1.82. The minimum atomic E-state index is -0.996. The molecule has 0 bridgehead atoms. The van der Waals surface area contributed by atoms with Gasteiger partial charge in [0.05, 0.1) is 12.3 Å². The molecule has 1 heterocycles. The predicted molar refractivity (Wildman–Crippen MR) is 68.6 cm³/mol. The van der Waals surface area contributed by atoms with Crippen LogP contribution >= 0.6 is 0 Å². The lowest BCUT2D eigenvalue weighted by molar-refractivity contribution is 0.0689. The molecule has 0 spiro atoms. The summed E-state index contributed by atoms with van der Waals surface area (Å²) in [5.74, 6) is -0.996. The molecule has 5 nitrogen and oxygen atoms in total. The van der Waals surface area contributed by atoms with Crippen LogP contribution in [-0.4, -0.2) is 47.3 Å². The third-order valence-electron chi connectivity index (χ3n) is 2.83. The van der Waals surface area contributed by atoms with Crippen molar-refractivity contribution in [2.45, 2.75) is 26.4 Å². The van der Waals surface area contributed by atoms with Crippen LogP contribution in [0.1, 0.15) is 30.0 Å². The zero-order valence-electron chi connectivity index (χ0n) is 11.1. The second-order valence-corrected chi connectivity index (χ2v) is 4.19. The Hall–Kier alpha value is -1.46. The second-order valence-electron chi connectivity index (χ2n) is 4.19. The molecule has 0 radical (unpaired) electrons. The summed E-state index contributed by atoms with van der Waals surface area (Å²) in [6.07, 6.45) is 0. The van der Waals surface area contributed by atoms with Crippen LogP contribution in [0.5, 0.6) is 0 Å². The van der Waals surface area contributed by atoms with E-state index in [1.807, 2.05) is 6.07 Å². The van der Waals surface area contributed by atoms with Crippen molar-refractivity contribution in [1.82, 2.24) is 9.88 Å². The molecule has 1 rings (SSSR count). The van der Waals surface area contributed by atoms with Crippen molar-refractivity contribution in [1.29, 1.82) is 0 Å². The zero-order chi connectivity index (χ0) is 13.5. The molecule has 0 amide bonds. The number of methoxy groups -OCH3 is 1. The number of hydrogen-bond acceptors (Lipinski definition) is 4. The number of hydrogen-bond donors (Lipinski definition) is 1. The second kappa shape index (κ2) is 7.08. The first kappa shape index (κ1) is 14.6. The van der Waals surface area contributed by atoms with Gasteiger partial charge in [-0.05, 0) is 25.6 Å². The molecule has 18 heavy (non-hydrogen) atoms. The van der Waals surface area contributed by atoms with Gasteiger partial charge in [0, 0.05) is 19.7 Å². The van der Waals surface area contributed by atoms with Crippen molar-refractivity contribution in [2.75, 3.05) is 20.3 Å². The number of carboxylic acids is 1. The highest BCUT2D eigenvalue weighted by atomic mass is 16.5. The van der Waals surface area contributed by atoms with E-state index in [-0.39, 0.29) is 11.7 Å². The maximum absolute atomic E-state index is 10.8. The highest BCUT2D eigenvalue weighted by molar-refractivity contribution is 5.85. The topological polar surface area (TPSA) is 62.7 Å². The van der Waals surface area contributed by atoms with Crippen LogP contribution in [0.25, 0.3) is 0 Å². The Morgan fingerprint density at radius 2 is 2.28 bits per heavy atom. The average molecular weight is 252 g/mol. The molecule has 1 atom stereocenters. The Bertz CT molecular complexity index is 396. The number of nitrogens with zero attached hydrogens (tertiary/aromatic N) is 2. The molecule has 0 aromatic carbocycles. The van der Waals surface area contributed by atoms with Gasteiger partial charge < -0.3 is 9.84 Å². The summed E-state index contributed by atoms with van der Waals surface area (Å²) in [7, 11) is 1.67. The molecule has 0 aliphatic rings. The lowest BCUT2D eigenvalue weighted by Crippen LogP contribution is -2.35. The SMILES string of the molecule is CCN(Cc1cccc(C(=O)O)n1)C(C)COC. The van der Waals surface area contributed by atoms with E-state index in [1.54, 1.807) is 13.2 Å². The van der Waals surface area contributed by atoms with Crippen molar-refractivity contribution in [3.05, 3.63) is 29.6 Å². The summed E-state index contributed by atoms with van der Waals surface area (Å²) in [4.78, 5) is 17.2. The number of carboxylic acid groups (broad SMARTS) is 1. The number of carbonyl (C=O) groups is 1. The standard InChI is InChI=1S/C13H20N2O3/c1-4-15(10(2)9-18-3)8-11-6-5-7-12(14-11)13(16)17/h5-7,10H,4,8-9H2,1-3H3,(H,16,17). The van der Waals surface area contributed by atoms with Gasteiger partial charge in [-0.25, -0.2) is 9.78 Å². The van der Waals surface area contributed by atoms with Gasteiger partial charge in [0.15, 0.2) is 0 Å². The largest absolute Gasteiger partial charge is 0.477 e. The first-order valence-electron chi connectivity index (χ1n) is 6.00. The summed E-state index contributed by atoms with van der Waals surface area (Å²) in [6.45, 7) is 6.28. The third kappa shape index (κ3) is 4.09. The fourth-order valence-electron chi connectivity index (χ4n) is 1.82. The quantitative estimate of drug-likeness (QED) is 0.799. The van der Waals surface area contributed by atoms with Gasteiger partial charge in [-0.1, -0.05) is 13.0 Å². The predicted octanol–water partition coefficient (Wildman–Crippen LogP) is 1.64. The molecule has 100 valence electrons. The van der Waals surface area contributed by atoms with Crippen molar-refractivity contribution in [3.8, 4) is 0 Å². The molecule has 0 saturated carbocycles. The van der Waals surface area contributed by atoms with Crippen LogP contribution in [0.2, 0.25) is 0 Å². The lowest BCUT2D eigenvalue weighted by Gasteiger charge is -2.26. The minimum absolute atomic E-state index is 0.0861. The Morgan fingerprint density at radius 1 is 1.56 bits per heavy atom. The van der Waals surface area contributed by atoms with Crippen LogP contribution in [0.3, 0.4) is 0 Å². The molecule has 0 aliphatic heterocycles. The first-order chi connectivity index (χ1) is 8.58. The van der Waals surface area contributed by atoms with E-state index in [0.717, 1.165) is 12.2 Å². The highest BCUT2D eigenvalue weighted by Crippen LogP contribution is 2.07. The zero-order valence-corrected chi connectivity index (χ0v) is 11.1. The summed E-state index contributed by atoms with van der Waals surface area (Å²) in [6, 6.07) is 5.34. The van der Waals surface area contributed by atoms with Gasteiger partial charge in [-0.15, -0.1) is 0 Å². The minimum Gasteiger partial charge on any atom is -0.477 e. The van der Waals surface area contributed by atoms with Gasteiger partial charge in [-0.3, -0.25) is 4.90 Å². The molecule has 1 aromatic heterocycles. The van der Waals surface area contributed by atoms with Crippen molar-refractivity contribution in [3.63, 3.8) is 0 Å². The van der Waals surface area contributed by atoms with Gasteiger partial charge in [-0.2, -0.15) is 0 Å². The normalized spacial score (nSPS) is 12.7. The van der Waals surface area contributed by atoms with Crippen LogP contribution in [0.15, 0.2) is 18.2 Å². The smallest absolute Gasteiger partial charge is 0.354 e. The van der Waals surface area contributed by atoms with Gasteiger partial charge in [0.25, 0.3) is 0 Å². The van der Waals surface area contributed by atoms with E-state index in [0.29, 0.717) is 13.2 Å². The van der Waals surface area contributed by atoms with Gasteiger partial charge in [0.1, 0.15) is 5.69 Å². The Balaban J connectivity index is 2.75. The molecule has 1 unspecified atom stereocenters. The Labute approximate surface area is 107 Å². The van der Waals surface area contributed by atoms with E-state index in [2.05, 4.69) is 23.7 Å². The number of ether oxygens (including phenoxy) is 1. The van der Waals surface area contributed by atoms with E-state index < -0.39 is 5.97 Å². The van der Waals surface area contributed by atoms with E-state index >= 15 is 0 Å². The first-order valence-corrected chi connectivity index (χ1v) is 6.00. The Morgan fingerprint density at radius 3 is 2.83 bits per heavy atom. The van der Waals surface area contributed by atoms with Crippen LogP contribution < -0.4 is 0 Å². The summed E-state index contributed by atoms with van der Waals surface area (Å²) in [5.41, 5.74) is 0.850.